The van der Waals surface area contributed by atoms with E-state index in [0.717, 1.165) is 0 Å². The molecule has 0 saturated heterocycles. The van der Waals surface area contributed by atoms with Gasteiger partial charge < -0.3 is 29.7 Å². The van der Waals surface area contributed by atoms with Crippen molar-refractivity contribution in [2.24, 2.45) is 17.3 Å². The van der Waals surface area contributed by atoms with E-state index in [1.54, 1.807) is 0 Å². The van der Waals surface area contributed by atoms with Crippen LogP contribution >= 0.6 is 0 Å². The first kappa shape index (κ1) is 32.0. The van der Waals surface area contributed by atoms with Crippen LogP contribution in [0.15, 0.2) is 0 Å². The summed E-state index contributed by atoms with van der Waals surface area (Å²) in [4.78, 5) is 33.5. The molecular weight excluding hydrogens is 357 g/mol. The number of hydrogen-bond donors (Lipinski definition) is 0. The van der Waals surface area contributed by atoms with Crippen molar-refractivity contribution in [1.82, 2.24) is 0 Å². The molecule has 0 spiro atoms. The zero-order chi connectivity index (χ0) is 14.5. The Hall–Kier alpha value is 3.32. The Morgan fingerprint density at radius 2 is 1.10 bits per heavy atom. The molecule has 0 heterocycles. The van der Waals surface area contributed by atoms with Crippen LogP contribution in [-0.4, -0.2) is 17.9 Å². The van der Waals surface area contributed by atoms with Gasteiger partial charge in [0.05, 0.1) is 0 Å². The van der Waals surface area contributed by atoms with Crippen LogP contribution in [0.25, 0.3) is 0 Å². The average Bonchev–Trinajstić information content (AvgIpc) is 2.27. The van der Waals surface area contributed by atoms with Gasteiger partial charge in [0, 0.05) is 35.2 Å². The Bertz CT molecular complexity index is 326. The summed E-state index contributed by atoms with van der Waals surface area (Å²) in [6.45, 7) is 4.36. The van der Waals surface area contributed by atoms with Crippen molar-refractivity contribution in [1.29, 1.82) is 0 Å². The predicted octanol–water partition coefficient (Wildman–Crippen LogP) is -11.3. The molecule has 0 aliphatic heterocycles. The third-order valence-electron chi connectivity index (χ3n) is 3.59. The summed E-state index contributed by atoms with van der Waals surface area (Å²) in [6.07, 6.45) is -0.268. The van der Waals surface area contributed by atoms with Crippen molar-refractivity contribution >= 4 is 17.9 Å². The quantitative estimate of drug-likeness (QED) is 0.389. The first-order valence-corrected chi connectivity index (χ1v) is 5.92. The van der Waals surface area contributed by atoms with Crippen LogP contribution in [0.4, 0.5) is 0 Å². The van der Waals surface area contributed by atoms with Crippen LogP contribution in [0, 0.1) is 17.3 Å². The number of hydrogen-bond acceptors (Lipinski definition) is 6. The van der Waals surface area contributed by atoms with Crippen LogP contribution in [0.1, 0.15) is 40.0 Å². The Morgan fingerprint density at radius 1 is 0.810 bits per heavy atom. The standard InChI is InChI=1S/C12H20O6.3K/c1-4-7(9(13)14)12(6-3,11(17)18)8(5-2)10(15)16;;;/h7-8H,4-6H2,1-3H3,(H,13,14)(H,15,16)(H,17,18);;;/q;3*+1/p-3. The van der Waals surface area contributed by atoms with E-state index in [2.05, 4.69) is 0 Å². The molecule has 0 rings (SSSR count). The second-order valence-electron chi connectivity index (χ2n) is 4.24. The molecule has 0 amide bonds. The first-order chi connectivity index (χ1) is 8.29. The third-order valence-corrected chi connectivity index (χ3v) is 3.59. The molecule has 21 heavy (non-hydrogen) atoms. The first-order valence-electron chi connectivity index (χ1n) is 5.92. The molecule has 2 unspecified atom stereocenters. The number of aliphatic carboxylic acids is 3. The van der Waals surface area contributed by atoms with Gasteiger partial charge in [-0.05, 0) is 19.3 Å². The number of rotatable bonds is 8. The molecule has 9 heteroatoms. The Balaban J connectivity index is -0.000000482. The maximum Gasteiger partial charge on any atom is 1.00 e. The number of carbonyl (C=O) groups is 3. The van der Waals surface area contributed by atoms with Gasteiger partial charge in [0.15, 0.2) is 0 Å². The Kier molecular flexibility index (Phi) is 23.7. The summed E-state index contributed by atoms with van der Waals surface area (Å²) in [5.41, 5.74) is -2.00. The van der Waals surface area contributed by atoms with Gasteiger partial charge in [-0.15, -0.1) is 0 Å². The van der Waals surface area contributed by atoms with E-state index in [0.29, 0.717) is 0 Å². The normalized spacial score (nSPS) is 15.0. The minimum Gasteiger partial charge on any atom is -0.550 e. The van der Waals surface area contributed by atoms with Crippen molar-refractivity contribution in [2.75, 3.05) is 0 Å². The molecule has 6 nitrogen and oxygen atoms in total. The van der Waals surface area contributed by atoms with E-state index in [1.807, 2.05) is 0 Å². The Morgan fingerprint density at radius 3 is 1.19 bits per heavy atom. The molecule has 0 saturated carbocycles. The fourth-order valence-corrected chi connectivity index (χ4v) is 2.65. The van der Waals surface area contributed by atoms with E-state index in [4.69, 9.17) is 0 Å². The predicted molar refractivity (Wildman–Crippen MR) is 55.3 cm³/mol. The topological polar surface area (TPSA) is 120 Å². The molecule has 0 aliphatic carbocycles. The van der Waals surface area contributed by atoms with Crippen molar-refractivity contribution in [2.45, 2.75) is 40.0 Å². The minimum absolute atomic E-state index is 0. The largest absolute Gasteiger partial charge is 1.00 e. The van der Waals surface area contributed by atoms with Crippen LogP contribution in [0.2, 0.25) is 0 Å². The minimum atomic E-state index is -2.00. The number of carboxylic acids is 3. The zero-order valence-electron chi connectivity index (χ0n) is 13.7. The van der Waals surface area contributed by atoms with Gasteiger partial charge in [0.25, 0.3) is 0 Å². The molecule has 0 aliphatic rings. The molecule has 104 valence electrons. The van der Waals surface area contributed by atoms with Crippen LogP contribution in [0.3, 0.4) is 0 Å². The third kappa shape index (κ3) is 8.03. The molecule has 0 aromatic heterocycles. The van der Waals surface area contributed by atoms with Gasteiger partial charge in [-0.2, -0.15) is 0 Å². The van der Waals surface area contributed by atoms with Gasteiger partial charge >= 0.3 is 154 Å². The van der Waals surface area contributed by atoms with Crippen molar-refractivity contribution < 1.29 is 184 Å². The number of carbonyl (C=O) groups excluding carboxylic acids is 3. The second kappa shape index (κ2) is 15.6. The summed E-state index contributed by atoms with van der Waals surface area (Å²) < 4.78 is 0. The van der Waals surface area contributed by atoms with Gasteiger partial charge in [0.1, 0.15) is 0 Å². The fraction of sp³-hybridized carbons (Fsp3) is 0.750. The maximum atomic E-state index is 11.4. The SMILES string of the molecule is CCC(C(=O)[O-])C(CC)(C(=O)[O-])C(CC)C(=O)[O-].[K+].[K+].[K+]. The molecular formula is C12H17K3O6. The molecule has 0 aromatic rings. The molecule has 0 N–H and O–H groups in total. The number of carboxylic acid groups (broad SMARTS) is 3. The van der Waals surface area contributed by atoms with E-state index >= 15 is 0 Å². The van der Waals surface area contributed by atoms with Crippen molar-refractivity contribution in [3.8, 4) is 0 Å². The van der Waals surface area contributed by atoms with Gasteiger partial charge in [-0.1, -0.05) is 20.8 Å². The van der Waals surface area contributed by atoms with Crippen LogP contribution in [-0.2, 0) is 14.4 Å². The van der Waals surface area contributed by atoms with Gasteiger partial charge in [0.2, 0.25) is 0 Å². The fourth-order valence-electron chi connectivity index (χ4n) is 2.65. The summed E-state index contributed by atoms with van der Waals surface area (Å²) in [7, 11) is 0. The van der Waals surface area contributed by atoms with Crippen LogP contribution < -0.4 is 169 Å². The second-order valence-corrected chi connectivity index (χ2v) is 4.24. The Labute approximate surface area is 252 Å². The van der Waals surface area contributed by atoms with Crippen molar-refractivity contribution in [3.05, 3.63) is 0 Å². The molecule has 0 bridgehead atoms. The summed E-state index contributed by atoms with van der Waals surface area (Å²) >= 11 is 0. The summed E-state index contributed by atoms with van der Waals surface area (Å²) in [5.74, 6) is -7.69. The maximum absolute atomic E-state index is 11.4. The van der Waals surface area contributed by atoms with Crippen LogP contribution in [0.5, 0.6) is 0 Å². The monoisotopic (exact) mass is 374 g/mol. The van der Waals surface area contributed by atoms with Crippen molar-refractivity contribution in [3.63, 3.8) is 0 Å². The van der Waals surface area contributed by atoms with E-state index in [-0.39, 0.29) is 173 Å². The smallest absolute Gasteiger partial charge is 0.550 e. The van der Waals surface area contributed by atoms with Gasteiger partial charge in [-0.25, -0.2) is 0 Å². The average molecular weight is 375 g/mol. The zero-order valence-corrected chi connectivity index (χ0v) is 23.1. The molecule has 2 atom stereocenters. The van der Waals surface area contributed by atoms with E-state index < -0.39 is 35.2 Å². The van der Waals surface area contributed by atoms with E-state index in [1.165, 1.54) is 20.8 Å². The molecule has 0 aromatic carbocycles. The van der Waals surface area contributed by atoms with Gasteiger partial charge in [-0.3, -0.25) is 0 Å². The van der Waals surface area contributed by atoms with E-state index in [9.17, 15) is 29.7 Å². The molecule has 0 radical (unpaired) electrons. The summed E-state index contributed by atoms with van der Waals surface area (Å²) in [5, 5.41) is 33.5. The summed E-state index contributed by atoms with van der Waals surface area (Å²) in [6, 6.07) is 0. The molecule has 0 fully saturated rings.